The molecule has 0 saturated heterocycles. The highest BCUT2D eigenvalue weighted by atomic mass is 35.5. The van der Waals surface area contributed by atoms with Crippen LogP contribution in [0.1, 0.15) is 26.5 Å². The summed E-state index contributed by atoms with van der Waals surface area (Å²) in [7, 11) is 0. The zero-order valence-corrected chi connectivity index (χ0v) is 10.3. The number of hydrogen-bond donors (Lipinski definition) is 0. The SMILES string of the molecule is CCOc1cccc(CC(Cl)C(C)C)n1. The van der Waals surface area contributed by atoms with Gasteiger partial charge in [0.15, 0.2) is 0 Å². The summed E-state index contributed by atoms with van der Waals surface area (Å²) < 4.78 is 5.33. The lowest BCUT2D eigenvalue weighted by Crippen LogP contribution is -2.12. The van der Waals surface area contributed by atoms with Crippen LogP contribution < -0.4 is 4.74 Å². The van der Waals surface area contributed by atoms with Crippen molar-refractivity contribution < 1.29 is 4.74 Å². The van der Waals surface area contributed by atoms with E-state index < -0.39 is 0 Å². The molecule has 0 radical (unpaired) electrons. The van der Waals surface area contributed by atoms with Crippen LogP contribution in [-0.2, 0) is 6.42 Å². The Morgan fingerprint density at radius 3 is 2.73 bits per heavy atom. The van der Waals surface area contributed by atoms with E-state index in [0.29, 0.717) is 18.4 Å². The van der Waals surface area contributed by atoms with Gasteiger partial charge in [0.25, 0.3) is 0 Å². The van der Waals surface area contributed by atoms with Crippen LogP contribution in [0.25, 0.3) is 0 Å². The van der Waals surface area contributed by atoms with Crippen LogP contribution in [0.2, 0.25) is 0 Å². The van der Waals surface area contributed by atoms with Crippen molar-refractivity contribution in [1.82, 2.24) is 4.98 Å². The smallest absolute Gasteiger partial charge is 0.213 e. The molecule has 1 atom stereocenters. The average Bonchev–Trinajstić information content (AvgIpc) is 2.18. The number of pyridine rings is 1. The monoisotopic (exact) mass is 227 g/mol. The topological polar surface area (TPSA) is 22.1 Å². The van der Waals surface area contributed by atoms with Crippen LogP contribution in [0.4, 0.5) is 0 Å². The zero-order chi connectivity index (χ0) is 11.3. The molecule has 0 aromatic carbocycles. The minimum Gasteiger partial charge on any atom is -0.478 e. The highest BCUT2D eigenvalue weighted by molar-refractivity contribution is 6.20. The van der Waals surface area contributed by atoms with Gasteiger partial charge in [0.05, 0.1) is 6.61 Å². The molecule has 0 bridgehead atoms. The Labute approximate surface area is 96.6 Å². The van der Waals surface area contributed by atoms with Crippen LogP contribution in [0.15, 0.2) is 18.2 Å². The first kappa shape index (κ1) is 12.3. The van der Waals surface area contributed by atoms with E-state index in [-0.39, 0.29) is 5.38 Å². The van der Waals surface area contributed by atoms with Crippen molar-refractivity contribution in [3.05, 3.63) is 23.9 Å². The lowest BCUT2D eigenvalue weighted by molar-refractivity contribution is 0.325. The number of halogens is 1. The lowest BCUT2D eigenvalue weighted by Gasteiger charge is -2.13. The minimum atomic E-state index is 0.134. The van der Waals surface area contributed by atoms with E-state index >= 15 is 0 Å². The van der Waals surface area contributed by atoms with Crippen molar-refractivity contribution in [2.24, 2.45) is 5.92 Å². The van der Waals surface area contributed by atoms with Gasteiger partial charge in [-0.05, 0) is 18.9 Å². The number of rotatable bonds is 5. The molecule has 0 amide bonds. The maximum absolute atomic E-state index is 6.20. The molecule has 15 heavy (non-hydrogen) atoms. The van der Waals surface area contributed by atoms with Crippen molar-refractivity contribution in [3.8, 4) is 5.88 Å². The number of aromatic nitrogens is 1. The molecule has 3 heteroatoms. The Morgan fingerprint density at radius 1 is 1.40 bits per heavy atom. The summed E-state index contributed by atoms with van der Waals surface area (Å²) in [5.74, 6) is 1.15. The minimum absolute atomic E-state index is 0.134. The van der Waals surface area contributed by atoms with Gasteiger partial charge in [-0.1, -0.05) is 19.9 Å². The standard InChI is InChI=1S/C12H18ClNO/c1-4-15-12-7-5-6-10(14-12)8-11(13)9(2)3/h5-7,9,11H,4,8H2,1-3H3. The third-order valence-corrected chi connectivity index (χ3v) is 2.86. The molecule has 1 aromatic rings. The summed E-state index contributed by atoms with van der Waals surface area (Å²) in [6, 6.07) is 5.81. The summed E-state index contributed by atoms with van der Waals surface area (Å²) >= 11 is 6.20. The van der Waals surface area contributed by atoms with Crippen molar-refractivity contribution in [2.75, 3.05) is 6.61 Å². The molecule has 1 heterocycles. The Morgan fingerprint density at radius 2 is 2.13 bits per heavy atom. The van der Waals surface area contributed by atoms with Crippen LogP contribution in [-0.4, -0.2) is 17.0 Å². The molecular weight excluding hydrogens is 210 g/mol. The largest absolute Gasteiger partial charge is 0.478 e. The summed E-state index contributed by atoms with van der Waals surface area (Å²) in [6.07, 6.45) is 0.792. The Hall–Kier alpha value is -0.760. The number of alkyl halides is 1. The summed E-state index contributed by atoms with van der Waals surface area (Å²) in [6.45, 7) is 6.83. The molecular formula is C12H18ClNO. The van der Waals surface area contributed by atoms with E-state index in [0.717, 1.165) is 12.1 Å². The summed E-state index contributed by atoms with van der Waals surface area (Å²) in [5.41, 5.74) is 0.995. The van der Waals surface area contributed by atoms with Gasteiger partial charge in [0.1, 0.15) is 0 Å². The van der Waals surface area contributed by atoms with Crippen molar-refractivity contribution in [2.45, 2.75) is 32.6 Å². The second-order valence-electron chi connectivity index (χ2n) is 3.86. The number of hydrogen-bond acceptors (Lipinski definition) is 2. The van der Waals surface area contributed by atoms with E-state index in [1.165, 1.54) is 0 Å². The van der Waals surface area contributed by atoms with E-state index in [9.17, 15) is 0 Å². The molecule has 0 fully saturated rings. The predicted octanol–water partition coefficient (Wildman–Crippen LogP) is 3.29. The second kappa shape index (κ2) is 5.96. The third kappa shape index (κ3) is 4.08. The van der Waals surface area contributed by atoms with Crippen molar-refractivity contribution in [1.29, 1.82) is 0 Å². The highest BCUT2D eigenvalue weighted by Crippen LogP contribution is 2.16. The first-order valence-electron chi connectivity index (χ1n) is 5.36. The fourth-order valence-electron chi connectivity index (χ4n) is 1.24. The third-order valence-electron chi connectivity index (χ3n) is 2.20. The average molecular weight is 228 g/mol. The van der Waals surface area contributed by atoms with Crippen molar-refractivity contribution >= 4 is 11.6 Å². The van der Waals surface area contributed by atoms with Gasteiger partial charge in [-0.25, -0.2) is 4.98 Å². The van der Waals surface area contributed by atoms with E-state index in [2.05, 4.69) is 18.8 Å². The predicted molar refractivity (Wildman–Crippen MR) is 63.6 cm³/mol. The fraction of sp³-hybridized carbons (Fsp3) is 0.583. The molecule has 0 aliphatic rings. The van der Waals surface area contributed by atoms with Gasteiger partial charge in [-0.3, -0.25) is 0 Å². The molecule has 2 nitrogen and oxygen atoms in total. The zero-order valence-electron chi connectivity index (χ0n) is 9.53. The molecule has 84 valence electrons. The van der Waals surface area contributed by atoms with Gasteiger partial charge in [0.2, 0.25) is 5.88 Å². The Bertz CT molecular complexity index is 301. The summed E-state index contributed by atoms with van der Waals surface area (Å²) in [5, 5.41) is 0.134. The van der Waals surface area contributed by atoms with Gasteiger partial charge < -0.3 is 4.74 Å². The van der Waals surface area contributed by atoms with Crippen molar-refractivity contribution in [3.63, 3.8) is 0 Å². The van der Waals surface area contributed by atoms with Gasteiger partial charge in [0, 0.05) is 23.6 Å². The maximum Gasteiger partial charge on any atom is 0.213 e. The van der Waals surface area contributed by atoms with E-state index in [4.69, 9.17) is 16.3 Å². The Balaban J connectivity index is 2.64. The highest BCUT2D eigenvalue weighted by Gasteiger charge is 2.11. The van der Waals surface area contributed by atoms with Gasteiger partial charge in [-0.2, -0.15) is 0 Å². The molecule has 0 saturated carbocycles. The molecule has 0 aliphatic heterocycles. The molecule has 0 spiro atoms. The molecule has 0 N–H and O–H groups in total. The Kier molecular flexibility index (Phi) is 4.89. The molecule has 1 unspecified atom stereocenters. The van der Waals surface area contributed by atoms with Crippen LogP contribution >= 0.6 is 11.6 Å². The fourth-order valence-corrected chi connectivity index (χ4v) is 1.39. The van der Waals surface area contributed by atoms with Gasteiger partial charge >= 0.3 is 0 Å². The lowest BCUT2D eigenvalue weighted by atomic mass is 10.1. The van der Waals surface area contributed by atoms with Gasteiger partial charge in [-0.15, -0.1) is 11.6 Å². The molecule has 1 rings (SSSR count). The first-order chi connectivity index (χ1) is 7.13. The van der Waals surface area contributed by atoms with Crippen LogP contribution in [0.5, 0.6) is 5.88 Å². The summed E-state index contributed by atoms with van der Waals surface area (Å²) in [4.78, 5) is 4.38. The number of ether oxygens (including phenoxy) is 1. The van der Waals surface area contributed by atoms with E-state index in [1.807, 2.05) is 25.1 Å². The van der Waals surface area contributed by atoms with E-state index in [1.54, 1.807) is 0 Å². The molecule has 0 aliphatic carbocycles. The quantitative estimate of drug-likeness (QED) is 0.721. The molecule has 1 aromatic heterocycles. The second-order valence-corrected chi connectivity index (χ2v) is 4.42. The maximum atomic E-state index is 6.20. The first-order valence-corrected chi connectivity index (χ1v) is 5.80. The number of nitrogens with zero attached hydrogens (tertiary/aromatic N) is 1. The normalized spacial score (nSPS) is 12.9. The van der Waals surface area contributed by atoms with Crippen LogP contribution in [0.3, 0.4) is 0 Å². The van der Waals surface area contributed by atoms with Crippen LogP contribution in [0, 0.1) is 5.92 Å².